The van der Waals surface area contributed by atoms with Gasteiger partial charge >= 0.3 is 0 Å². The molecule has 1 aliphatic rings. The maximum atomic E-state index is 12.5. The van der Waals surface area contributed by atoms with E-state index in [1.165, 1.54) is 19.3 Å². The standard InChI is InChI=1S/C19H30N4O2S2/c1-3-5-8-15(4-2)14-21-19(26)22-16-9-6-10-17(13-16)27(24,25)23-18-11-7-12-20-18/h6,9-10,13,15H,3-5,7-8,11-12,14H2,1-2H3,(H,20,23)(H2,21,22,26)/t15-/m1/s1. The average molecular weight is 411 g/mol. The number of unbranched alkanes of at least 4 members (excludes halogenated alkanes) is 1. The second kappa shape index (κ2) is 10.6. The Morgan fingerprint density at radius 1 is 1.33 bits per heavy atom. The monoisotopic (exact) mass is 410 g/mol. The Bertz CT molecular complexity index is 763. The van der Waals surface area contributed by atoms with Gasteiger partial charge in [0.05, 0.1) is 4.90 Å². The lowest BCUT2D eigenvalue weighted by Gasteiger charge is -2.17. The highest BCUT2D eigenvalue weighted by molar-refractivity contribution is 7.90. The summed E-state index contributed by atoms with van der Waals surface area (Å²) in [5.74, 6) is 1.12. The Balaban J connectivity index is 1.93. The molecule has 0 amide bonds. The lowest BCUT2D eigenvalue weighted by Crippen LogP contribution is -2.33. The summed E-state index contributed by atoms with van der Waals surface area (Å²) in [4.78, 5) is 4.36. The molecule has 0 spiro atoms. The normalized spacial score (nSPS) is 15.1. The van der Waals surface area contributed by atoms with Crippen LogP contribution < -0.4 is 15.4 Å². The third-order valence-corrected chi connectivity index (χ3v) is 6.25. The minimum absolute atomic E-state index is 0.194. The highest BCUT2D eigenvalue weighted by Gasteiger charge is 2.18. The molecule has 1 heterocycles. The molecule has 2 rings (SSSR count). The van der Waals surface area contributed by atoms with Crippen molar-refractivity contribution in [2.24, 2.45) is 10.9 Å². The van der Waals surface area contributed by atoms with E-state index < -0.39 is 10.0 Å². The second-order valence-electron chi connectivity index (χ2n) is 6.82. The number of hydrogen-bond donors (Lipinski definition) is 3. The molecule has 0 aliphatic carbocycles. The average Bonchev–Trinajstić information content (AvgIpc) is 3.14. The molecule has 27 heavy (non-hydrogen) atoms. The van der Waals surface area contributed by atoms with Crippen LogP contribution >= 0.6 is 12.2 Å². The zero-order chi connectivity index (χ0) is 19.7. The molecule has 8 heteroatoms. The molecule has 0 radical (unpaired) electrons. The summed E-state index contributed by atoms with van der Waals surface area (Å²) < 4.78 is 27.6. The van der Waals surface area contributed by atoms with Gasteiger partial charge in [-0.1, -0.05) is 39.2 Å². The molecule has 0 unspecified atom stereocenters. The number of benzene rings is 1. The molecule has 1 aliphatic heterocycles. The van der Waals surface area contributed by atoms with Crippen LogP contribution in [-0.4, -0.2) is 32.5 Å². The van der Waals surface area contributed by atoms with Gasteiger partial charge in [0.2, 0.25) is 0 Å². The maximum absolute atomic E-state index is 12.5. The van der Waals surface area contributed by atoms with Crippen molar-refractivity contribution in [2.75, 3.05) is 18.4 Å². The highest BCUT2D eigenvalue weighted by Crippen LogP contribution is 2.17. The van der Waals surface area contributed by atoms with Crippen molar-refractivity contribution < 1.29 is 8.42 Å². The molecular weight excluding hydrogens is 380 g/mol. The zero-order valence-electron chi connectivity index (χ0n) is 16.1. The van der Waals surface area contributed by atoms with Crippen molar-refractivity contribution in [3.8, 4) is 0 Å². The van der Waals surface area contributed by atoms with Crippen molar-refractivity contribution in [1.82, 2.24) is 10.0 Å². The molecule has 0 aromatic heterocycles. The number of nitrogens with one attached hydrogen (secondary N) is 3. The first-order chi connectivity index (χ1) is 12.9. The molecule has 6 nitrogen and oxygen atoms in total. The van der Waals surface area contributed by atoms with Gasteiger partial charge in [-0.3, -0.25) is 9.71 Å². The SMILES string of the molecule is CCCC[C@@H](CC)CNC(=S)Nc1cccc(S(=O)(=O)NC2=NCCC2)c1. The van der Waals surface area contributed by atoms with Crippen LogP contribution in [0.4, 0.5) is 5.69 Å². The van der Waals surface area contributed by atoms with Gasteiger partial charge in [0, 0.05) is 25.2 Å². The van der Waals surface area contributed by atoms with E-state index in [1.807, 2.05) is 0 Å². The van der Waals surface area contributed by atoms with Crippen LogP contribution in [0.25, 0.3) is 0 Å². The van der Waals surface area contributed by atoms with E-state index in [0.29, 0.717) is 35.5 Å². The van der Waals surface area contributed by atoms with E-state index in [0.717, 1.165) is 19.4 Å². The smallest absolute Gasteiger partial charge is 0.262 e. The quantitative estimate of drug-likeness (QED) is 0.541. The number of thiocarbonyl (C=S) groups is 1. The summed E-state index contributed by atoms with van der Waals surface area (Å²) in [6.45, 7) is 5.88. The van der Waals surface area contributed by atoms with E-state index >= 15 is 0 Å². The zero-order valence-corrected chi connectivity index (χ0v) is 17.8. The van der Waals surface area contributed by atoms with Gasteiger partial charge in [-0.05, 0) is 49.2 Å². The minimum Gasteiger partial charge on any atom is -0.362 e. The Morgan fingerprint density at radius 3 is 2.81 bits per heavy atom. The van der Waals surface area contributed by atoms with Crippen molar-refractivity contribution in [1.29, 1.82) is 0 Å². The fraction of sp³-hybridized carbons (Fsp3) is 0.579. The largest absolute Gasteiger partial charge is 0.362 e. The first kappa shape index (κ1) is 21.6. The number of anilines is 1. The first-order valence-corrected chi connectivity index (χ1v) is 11.5. The third-order valence-electron chi connectivity index (χ3n) is 4.62. The maximum Gasteiger partial charge on any atom is 0.262 e. The number of hydrogen-bond acceptors (Lipinski definition) is 4. The molecular formula is C19H30N4O2S2. The van der Waals surface area contributed by atoms with Crippen LogP contribution in [0, 0.1) is 5.92 Å². The molecule has 0 saturated carbocycles. The van der Waals surface area contributed by atoms with E-state index in [9.17, 15) is 8.42 Å². The van der Waals surface area contributed by atoms with Crippen molar-refractivity contribution in [3.63, 3.8) is 0 Å². The van der Waals surface area contributed by atoms with E-state index in [2.05, 4.69) is 34.2 Å². The molecule has 1 aromatic rings. The lowest BCUT2D eigenvalue weighted by molar-refractivity contribution is 0.446. The van der Waals surface area contributed by atoms with Crippen molar-refractivity contribution >= 4 is 38.9 Å². The predicted octanol–water partition coefficient (Wildman–Crippen LogP) is 3.66. The van der Waals surface area contributed by atoms with E-state index in [4.69, 9.17) is 12.2 Å². The fourth-order valence-electron chi connectivity index (χ4n) is 2.93. The Morgan fingerprint density at radius 2 is 2.15 bits per heavy atom. The Labute approximate surface area is 168 Å². The molecule has 1 aromatic carbocycles. The van der Waals surface area contributed by atoms with Crippen LogP contribution in [0.5, 0.6) is 0 Å². The Hall–Kier alpha value is -1.67. The van der Waals surface area contributed by atoms with Crippen molar-refractivity contribution in [2.45, 2.75) is 57.3 Å². The van der Waals surface area contributed by atoms with Crippen LogP contribution in [0.3, 0.4) is 0 Å². The van der Waals surface area contributed by atoms with Gasteiger partial charge in [-0.2, -0.15) is 0 Å². The summed E-state index contributed by atoms with van der Waals surface area (Å²) in [6.07, 6.45) is 6.27. The molecule has 150 valence electrons. The summed E-state index contributed by atoms with van der Waals surface area (Å²) in [5.41, 5.74) is 0.644. The fourth-order valence-corrected chi connectivity index (χ4v) is 4.27. The number of sulfonamides is 1. The van der Waals surface area contributed by atoms with Crippen LogP contribution in [0.2, 0.25) is 0 Å². The van der Waals surface area contributed by atoms with Gasteiger partial charge in [0.1, 0.15) is 5.84 Å². The third kappa shape index (κ3) is 7.10. The number of amidine groups is 1. The lowest BCUT2D eigenvalue weighted by atomic mass is 9.99. The van der Waals surface area contributed by atoms with Crippen LogP contribution in [-0.2, 0) is 10.0 Å². The second-order valence-corrected chi connectivity index (χ2v) is 8.91. The van der Waals surface area contributed by atoms with Crippen molar-refractivity contribution in [3.05, 3.63) is 24.3 Å². The number of nitrogens with zero attached hydrogens (tertiary/aromatic N) is 1. The van der Waals surface area contributed by atoms with Crippen LogP contribution in [0.1, 0.15) is 52.4 Å². The van der Waals surface area contributed by atoms with Gasteiger partial charge in [-0.15, -0.1) is 0 Å². The summed E-state index contributed by atoms with van der Waals surface area (Å²) in [5, 5.41) is 6.83. The minimum atomic E-state index is -3.63. The predicted molar refractivity (Wildman–Crippen MR) is 116 cm³/mol. The van der Waals surface area contributed by atoms with Gasteiger partial charge in [0.15, 0.2) is 5.11 Å². The molecule has 0 saturated heterocycles. The van der Waals surface area contributed by atoms with E-state index in [-0.39, 0.29) is 4.90 Å². The topological polar surface area (TPSA) is 82.6 Å². The van der Waals surface area contributed by atoms with E-state index in [1.54, 1.807) is 24.3 Å². The molecule has 3 N–H and O–H groups in total. The Kier molecular flexibility index (Phi) is 8.50. The first-order valence-electron chi connectivity index (χ1n) is 9.65. The number of aliphatic imine (C=N–C) groups is 1. The summed E-state index contributed by atoms with van der Waals surface area (Å²) >= 11 is 5.36. The highest BCUT2D eigenvalue weighted by atomic mass is 32.2. The van der Waals surface area contributed by atoms with Gasteiger partial charge in [0.25, 0.3) is 10.0 Å². The van der Waals surface area contributed by atoms with Crippen LogP contribution in [0.15, 0.2) is 34.2 Å². The van der Waals surface area contributed by atoms with Gasteiger partial charge in [-0.25, -0.2) is 8.42 Å². The molecule has 0 fully saturated rings. The molecule has 1 atom stereocenters. The summed E-state index contributed by atoms with van der Waals surface area (Å²) in [7, 11) is -3.63. The molecule has 0 bridgehead atoms. The number of rotatable bonds is 9. The summed E-state index contributed by atoms with van der Waals surface area (Å²) in [6, 6.07) is 6.65. The van der Waals surface area contributed by atoms with Gasteiger partial charge < -0.3 is 10.6 Å².